The second-order valence-corrected chi connectivity index (χ2v) is 14.3. The minimum atomic E-state index is -0.863. The van der Waals surface area contributed by atoms with E-state index in [-0.39, 0.29) is 0 Å². The van der Waals surface area contributed by atoms with Crippen molar-refractivity contribution in [2.24, 2.45) is 10.7 Å². The van der Waals surface area contributed by atoms with Crippen molar-refractivity contribution in [1.29, 1.82) is 0 Å². The van der Waals surface area contributed by atoms with Crippen molar-refractivity contribution in [2.45, 2.75) is 12.6 Å². The van der Waals surface area contributed by atoms with E-state index in [1.54, 1.807) is 0 Å². The van der Waals surface area contributed by atoms with Crippen LogP contribution in [-0.4, -0.2) is 5.71 Å². The SMILES string of the molecule is C=C(C)c1cc(-c2cccc(-c3cccc(C4(N)N=C4c4cccc(-c5ccccc5)c4)c3)c2)c(-c2ccccc2)c(-c2ccccc2)c1-c1ccccc1. The molecule has 1 aliphatic rings. The van der Waals surface area contributed by atoms with Crippen LogP contribution in [0.15, 0.2) is 212 Å². The Bertz CT molecular complexity index is 2710. The summed E-state index contributed by atoms with van der Waals surface area (Å²) in [7, 11) is 0. The molecule has 1 heterocycles. The fourth-order valence-electron chi connectivity index (χ4n) is 7.86. The molecule has 262 valence electrons. The van der Waals surface area contributed by atoms with Gasteiger partial charge >= 0.3 is 0 Å². The van der Waals surface area contributed by atoms with Crippen LogP contribution in [0.2, 0.25) is 0 Å². The van der Waals surface area contributed by atoms with Gasteiger partial charge in [-0.2, -0.15) is 0 Å². The van der Waals surface area contributed by atoms with Gasteiger partial charge in [0.25, 0.3) is 0 Å². The monoisotopic (exact) mass is 704 g/mol. The van der Waals surface area contributed by atoms with Gasteiger partial charge in [0.2, 0.25) is 0 Å². The third-order valence-electron chi connectivity index (χ3n) is 10.6. The average molecular weight is 705 g/mol. The molecule has 55 heavy (non-hydrogen) atoms. The molecule has 2 N–H and O–H groups in total. The van der Waals surface area contributed by atoms with Gasteiger partial charge in [-0.1, -0.05) is 188 Å². The van der Waals surface area contributed by atoms with E-state index in [1.165, 1.54) is 22.3 Å². The molecule has 0 bridgehead atoms. The van der Waals surface area contributed by atoms with Crippen molar-refractivity contribution in [3.63, 3.8) is 0 Å². The summed E-state index contributed by atoms with van der Waals surface area (Å²) in [5, 5.41) is 0. The molecule has 0 amide bonds. The van der Waals surface area contributed by atoms with E-state index < -0.39 is 5.66 Å². The molecule has 0 saturated heterocycles. The van der Waals surface area contributed by atoms with Gasteiger partial charge in [-0.15, -0.1) is 0 Å². The zero-order valence-electron chi connectivity index (χ0n) is 30.8. The first-order chi connectivity index (χ1) is 27.0. The molecule has 1 unspecified atom stereocenters. The standard InChI is InChI=1S/C53H40N2/c1-36(2)47-35-48(50(39-22-11-5-12-23-39)51(40-24-13-6-14-25-40)49(47)38-20-9-4-10-21-38)44-29-15-27-42(32-44)43-28-17-31-46(34-43)53(54)52(55-53)45-30-16-26-41(33-45)37-18-7-3-8-19-37/h3-35H,1,54H2,2H3. The largest absolute Gasteiger partial charge is 0.298 e. The Labute approximate surface area is 323 Å². The molecule has 0 saturated carbocycles. The number of hydrogen-bond donors (Lipinski definition) is 1. The number of benzene rings is 8. The smallest absolute Gasteiger partial charge is 0.177 e. The first-order valence-electron chi connectivity index (χ1n) is 18.8. The van der Waals surface area contributed by atoms with Crippen LogP contribution in [0.25, 0.3) is 72.3 Å². The summed E-state index contributed by atoms with van der Waals surface area (Å²) in [4.78, 5) is 4.89. The minimum absolute atomic E-state index is 0.863. The van der Waals surface area contributed by atoms with Gasteiger partial charge in [-0.05, 0) is 104 Å². The van der Waals surface area contributed by atoms with Gasteiger partial charge in [-0.3, -0.25) is 10.7 Å². The number of rotatable bonds is 9. The lowest BCUT2D eigenvalue weighted by Gasteiger charge is -2.24. The predicted molar refractivity (Wildman–Crippen MR) is 233 cm³/mol. The van der Waals surface area contributed by atoms with E-state index in [1.807, 2.05) is 6.07 Å². The van der Waals surface area contributed by atoms with Crippen LogP contribution >= 0.6 is 0 Å². The third-order valence-corrected chi connectivity index (χ3v) is 10.6. The van der Waals surface area contributed by atoms with E-state index >= 15 is 0 Å². The number of hydrogen-bond acceptors (Lipinski definition) is 2. The summed E-state index contributed by atoms with van der Waals surface area (Å²) in [6.45, 7) is 6.62. The number of nitrogens with zero attached hydrogens (tertiary/aromatic N) is 1. The number of aliphatic imine (C=N–C) groups is 1. The fourth-order valence-corrected chi connectivity index (χ4v) is 7.86. The van der Waals surface area contributed by atoms with Gasteiger partial charge in [-0.25, -0.2) is 0 Å². The highest BCUT2D eigenvalue weighted by Crippen LogP contribution is 2.49. The van der Waals surface area contributed by atoms with Gasteiger partial charge in [0.05, 0.1) is 5.71 Å². The minimum Gasteiger partial charge on any atom is -0.298 e. The Kier molecular flexibility index (Phi) is 8.74. The molecule has 2 heteroatoms. The van der Waals surface area contributed by atoms with Crippen molar-refractivity contribution in [3.8, 4) is 66.8 Å². The molecule has 0 aromatic heterocycles. The summed E-state index contributed by atoms with van der Waals surface area (Å²) < 4.78 is 0. The molecular formula is C53H40N2. The van der Waals surface area contributed by atoms with Crippen LogP contribution in [-0.2, 0) is 5.66 Å². The topological polar surface area (TPSA) is 38.4 Å². The molecule has 0 fully saturated rings. The van der Waals surface area contributed by atoms with Crippen molar-refractivity contribution in [3.05, 3.63) is 223 Å². The van der Waals surface area contributed by atoms with Crippen LogP contribution in [0.4, 0.5) is 0 Å². The van der Waals surface area contributed by atoms with Gasteiger partial charge < -0.3 is 0 Å². The summed E-state index contributed by atoms with van der Waals surface area (Å²) in [6, 6.07) is 70.9. The highest BCUT2D eigenvalue weighted by molar-refractivity contribution is 6.17. The molecule has 8 aromatic rings. The molecule has 0 spiro atoms. The zero-order chi connectivity index (χ0) is 37.4. The molecule has 1 atom stereocenters. The summed E-state index contributed by atoms with van der Waals surface area (Å²) in [6.07, 6.45) is 0. The van der Waals surface area contributed by atoms with Crippen LogP contribution in [0.1, 0.15) is 23.6 Å². The summed E-state index contributed by atoms with van der Waals surface area (Å²) in [5.41, 5.74) is 25.1. The fraction of sp³-hybridized carbons (Fsp3) is 0.0377. The molecule has 2 nitrogen and oxygen atoms in total. The maximum atomic E-state index is 7.05. The van der Waals surface area contributed by atoms with Crippen molar-refractivity contribution in [1.82, 2.24) is 0 Å². The first kappa shape index (κ1) is 33.9. The maximum absolute atomic E-state index is 7.05. The lowest BCUT2D eigenvalue weighted by Crippen LogP contribution is -2.28. The first-order valence-corrected chi connectivity index (χ1v) is 18.8. The lowest BCUT2D eigenvalue weighted by molar-refractivity contribution is 0.758. The average Bonchev–Trinajstić information content (AvgIpc) is 3.96. The molecule has 8 aromatic carbocycles. The van der Waals surface area contributed by atoms with E-state index in [2.05, 4.69) is 208 Å². The van der Waals surface area contributed by atoms with Crippen LogP contribution in [0.5, 0.6) is 0 Å². The highest BCUT2D eigenvalue weighted by Gasteiger charge is 2.46. The second-order valence-electron chi connectivity index (χ2n) is 14.3. The van der Waals surface area contributed by atoms with Gasteiger partial charge in [0, 0.05) is 11.1 Å². The molecule has 0 aliphatic carbocycles. The van der Waals surface area contributed by atoms with Gasteiger partial charge in [0.15, 0.2) is 5.66 Å². The molecule has 1 aliphatic heterocycles. The van der Waals surface area contributed by atoms with Crippen molar-refractivity contribution < 1.29 is 0 Å². The van der Waals surface area contributed by atoms with E-state index in [9.17, 15) is 0 Å². The van der Waals surface area contributed by atoms with Crippen LogP contribution in [0, 0.1) is 0 Å². The Morgan fingerprint density at radius 3 is 1.42 bits per heavy atom. The third kappa shape index (κ3) is 6.44. The van der Waals surface area contributed by atoms with E-state index in [4.69, 9.17) is 10.7 Å². The van der Waals surface area contributed by atoms with Crippen LogP contribution < -0.4 is 5.73 Å². The Hall–Kier alpha value is -6.87. The highest BCUT2D eigenvalue weighted by atomic mass is 15.2. The quantitative estimate of drug-likeness (QED) is 0.160. The van der Waals surface area contributed by atoms with E-state index in [0.717, 1.165) is 72.5 Å². The zero-order valence-corrected chi connectivity index (χ0v) is 30.8. The lowest BCUT2D eigenvalue weighted by atomic mass is 9.79. The molecular weight excluding hydrogens is 665 g/mol. The normalized spacial score (nSPS) is 14.6. The predicted octanol–water partition coefficient (Wildman–Crippen LogP) is 13.3. The van der Waals surface area contributed by atoms with Crippen molar-refractivity contribution in [2.75, 3.05) is 0 Å². The summed E-state index contributed by atoms with van der Waals surface area (Å²) in [5.74, 6) is 0. The number of allylic oxidation sites excluding steroid dienone is 1. The van der Waals surface area contributed by atoms with Gasteiger partial charge in [0.1, 0.15) is 0 Å². The Morgan fingerprint density at radius 2 is 0.836 bits per heavy atom. The molecule has 9 rings (SSSR count). The molecule has 0 radical (unpaired) electrons. The van der Waals surface area contributed by atoms with E-state index in [0.29, 0.717) is 0 Å². The Morgan fingerprint density at radius 1 is 0.418 bits per heavy atom. The Balaban J connectivity index is 1.16. The second kappa shape index (κ2) is 14.2. The summed E-state index contributed by atoms with van der Waals surface area (Å²) >= 11 is 0. The van der Waals surface area contributed by atoms with Crippen LogP contribution in [0.3, 0.4) is 0 Å². The number of nitrogens with two attached hydrogens (primary N) is 1. The van der Waals surface area contributed by atoms with Crippen molar-refractivity contribution >= 4 is 11.3 Å². The maximum Gasteiger partial charge on any atom is 0.177 e.